The molecule has 0 bridgehead atoms. The van der Waals surface area contributed by atoms with Crippen molar-refractivity contribution in [2.24, 2.45) is 0 Å². The molecule has 0 spiro atoms. The minimum atomic E-state index is 0.933. The number of nitrogens with zero attached hydrogens (tertiary/aromatic N) is 3. The van der Waals surface area contributed by atoms with Crippen LogP contribution in [0.2, 0.25) is 0 Å². The van der Waals surface area contributed by atoms with E-state index in [2.05, 4.69) is 10.1 Å². The van der Waals surface area contributed by atoms with Gasteiger partial charge in [0.05, 0.1) is 0 Å². The molecule has 2 aromatic heterocycles. The van der Waals surface area contributed by atoms with Crippen LogP contribution in [-0.2, 0) is 0 Å². The third-order valence-corrected chi connectivity index (χ3v) is 1.50. The van der Waals surface area contributed by atoms with Crippen molar-refractivity contribution in [1.29, 1.82) is 0 Å². The van der Waals surface area contributed by atoms with E-state index < -0.39 is 0 Å². The molecule has 0 fully saturated rings. The van der Waals surface area contributed by atoms with E-state index in [1.165, 1.54) is 0 Å². The topological polar surface area (TPSA) is 30.2 Å². The Kier molecular flexibility index (Phi) is 0.974. The minimum Gasteiger partial charge on any atom is -0.221 e. The highest BCUT2D eigenvalue weighted by Gasteiger charge is 1.94. The Labute approximate surface area is 58.3 Å². The van der Waals surface area contributed by atoms with Gasteiger partial charge >= 0.3 is 0 Å². The Hall–Kier alpha value is -1.38. The lowest BCUT2D eigenvalue weighted by atomic mass is 10.3. The smallest absolute Gasteiger partial charge is 0.158 e. The first-order chi connectivity index (χ1) is 4.88. The molecule has 0 N–H and O–H groups in total. The lowest BCUT2D eigenvalue weighted by molar-refractivity contribution is 0.956. The zero-order chi connectivity index (χ0) is 6.97. The molecule has 2 aromatic rings. The number of pyridine rings is 1. The fourth-order valence-electron chi connectivity index (χ4n) is 0.985. The van der Waals surface area contributed by atoms with Crippen molar-refractivity contribution in [2.45, 2.75) is 6.92 Å². The Bertz CT molecular complexity index is 350. The summed E-state index contributed by atoms with van der Waals surface area (Å²) in [5.41, 5.74) is 2.09. The summed E-state index contributed by atoms with van der Waals surface area (Å²) in [5, 5.41) is 3.99. The predicted octanol–water partition coefficient (Wildman–Crippen LogP) is 1.04. The zero-order valence-corrected chi connectivity index (χ0v) is 5.65. The standard InChI is InChI=1S/C7H7N3/c1-6-3-2-4-10-7(6)8-5-9-10/h2-5H,1H3. The van der Waals surface area contributed by atoms with Crippen LogP contribution in [0.3, 0.4) is 0 Å². The van der Waals surface area contributed by atoms with Crippen LogP contribution in [0.25, 0.3) is 5.65 Å². The van der Waals surface area contributed by atoms with Crippen LogP contribution in [-0.4, -0.2) is 14.6 Å². The van der Waals surface area contributed by atoms with E-state index in [0.29, 0.717) is 0 Å². The molecule has 0 aliphatic heterocycles. The van der Waals surface area contributed by atoms with Gasteiger partial charge in [-0.2, -0.15) is 5.10 Å². The van der Waals surface area contributed by atoms with Gasteiger partial charge in [0.25, 0.3) is 0 Å². The Morgan fingerprint density at radius 1 is 1.50 bits per heavy atom. The molecule has 2 heterocycles. The van der Waals surface area contributed by atoms with Crippen molar-refractivity contribution in [3.8, 4) is 0 Å². The van der Waals surface area contributed by atoms with Crippen LogP contribution in [0.15, 0.2) is 24.7 Å². The van der Waals surface area contributed by atoms with Gasteiger partial charge in [-0.05, 0) is 18.6 Å². The molecule has 3 nitrogen and oxygen atoms in total. The average molecular weight is 133 g/mol. The molecule has 0 saturated heterocycles. The van der Waals surface area contributed by atoms with Crippen molar-refractivity contribution < 1.29 is 0 Å². The molecule has 50 valence electrons. The molecular formula is C7H7N3. The number of hydrogen-bond acceptors (Lipinski definition) is 2. The third-order valence-electron chi connectivity index (χ3n) is 1.50. The fourth-order valence-corrected chi connectivity index (χ4v) is 0.985. The maximum Gasteiger partial charge on any atom is 0.158 e. The van der Waals surface area contributed by atoms with Gasteiger partial charge < -0.3 is 0 Å². The van der Waals surface area contributed by atoms with Gasteiger partial charge in [0.15, 0.2) is 5.65 Å². The first kappa shape index (κ1) is 5.41. The number of rotatable bonds is 0. The number of fused-ring (bicyclic) bond motifs is 1. The molecule has 0 atom stereocenters. The van der Waals surface area contributed by atoms with Gasteiger partial charge in [0, 0.05) is 6.20 Å². The first-order valence-electron chi connectivity index (χ1n) is 3.13. The van der Waals surface area contributed by atoms with E-state index in [4.69, 9.17) is 0 Å². The Morgan fingerprint density at radius 2 is 2.40 bits per heavy atom. The van der Waals surface area contributed by atoms with Gasteiger partial charge in [-0.25, -0.2) is 9.50 Å². The summed E-state index contributed by atoms with van der Waals surface area (Å²) in [4.78, 5) is 4.07. The van der Waals surface area contributed by atoms with Crippen molar-refractivity contribution in [1.82, 2.24) is 14.6 Å². The molecule has 0 saturated carbocycles. The molecule has 0 aromatic carbocycles. The van der Waals surface area contributed by atoms with Gasteiger partial charge in [0.2, 0.25) is 0 Å². The molecule has 0 unspecified atom stereocenters. The number of aromatic nitrogens is 3. The minimum absolute atomic E-state index is 0.933. The van der Waals surface area contributed by atoms with Crippen molar-refractivity contribution >= 4 is 5.65 Å². The van der Waals surface area contributed by atoms with Crippen molar-refractivity contribution in [2.75, 3.05) is 0 Å². The maximum atomic E-state index is 4.07. The first-order valence-corrected chi connectivity index (χ1v) is 3.13. The highest BCUT2D eigenvalue weighted by Crippen LogP contribution is 2.03. The second-order valence-electron chi connectivity index (χ2n) is 2.22. The Balaban J connectivity index is 2.95. The van der Waals surface area contributed by atoms with Crippen LogP contribution in [0.5, 0.6) is 0 Å². The van der Waals surface area contributed by atoms with E-state index in [1.807, 2.05) is 25.3 Å². The highest BCUT2D eigenvalue weighted by molar-refractivity contribution is 5.44. The summed E-state index contributed by atoms with van der Waals surface area (Å²) >= 11 is 0. The monoisotopic (exact) mass is 133 g/mol. The van der Waals surface area contributed by atoms with Gasteiger partial charge in [-0.3, -0.25) is 0 Å². The zero-order valence-electron chi connectivity index (χ0n) is 5.65. The predicted molar refractivity (Wildman–Crippen MR) is 37.7 cm³/mol. The molecular weight excluding hydrogens is 126 g/mol. The summed E-state index contributed by atoms with van der Waals surface area (Å²) < 4.78 is 1.76. The molecule has 0 aliphatic carbocycles. The average Bonchev–Trinajstić information content (AvgIpc) is 2.36. The molecule has 0 amide bonds. The lowest BCUT2D eigenvalue weighted by Gasteiger charge is -1.92. The highest BCUT2D eigenvalue weighted by atomic mass is 15.3. The Morgan fingerprint density at radius 3 is 3.20 bits per heavy atom. The van der Waals surface area contributed by atoms with Crippen LogP contribution in [0.4, 0.5) is 0 Å². The molecule has 2 rings (SSSR count). The number of aryl methyl sites for hydroxylation is 1. The largest absolute Gasteiger partial charge is 0.221 e. The van der Waals surface area contributed by atoms with Crippen LogP contribution in [0, 0.1) is 6.92 Å². The van der Waals surface area contributed by atoms with E-state index in [9.17, 15) is 0 Å². The molecule has 0 radical (unpaired) electrons. The van der Waals surface area contributed by atoms with Gasteiger partial charge in [0.1, 0.15) is 6.33 Å². The van der Waals surface area contributed by atoms with Crippen molar-refractivity contribution in [3.05, 3.63) is 30.2 Å². The summed E-state index contributed by atoms with van der Waals surface area (Å²) in [6.45, 7) is 2.02. The summed E-state index contributed by atoms with van der Waals surface area (Å²) in [5.74, 6) is 0. The van der Waals surface area contributed by atoms with E-state index >= 15 is 0 Å². The normalized spacial score (nSPS) is 10.5. The maximum absolute atomic E-state index is 4.07. The quantitative estimate of drug-likeness (QED) is 0.537. The number of hydrogen-bond donors (Lipinski definition) is 0. The molecule has 3 heteroatoms. The lowest BCUT2D eigenvalue weighted by Crippen LogP contribution is -1.87. The molecule has 0 aliphatic rings. The summed E-state index contributed by atoms with van der Waals surface area (Å²) in [6.07, 6.45) is 3.44. The van der Waals surface area contributed by atoms with E-state index in [0.717, 1.165) is 11.2 Å². The second-order valence-corrected chi connectivity index (χ2v) is 2.22. The van der Waals surface area contributed by atoms with Crippen molar-refractivity contribution in [3.63, 3.8) is 0 Å². The van der Waals surface area contributed by atoms with Gasteiger partial charge in [-0.1, -0.05) is 6.07 Å². The van der Waals surface area contributed by atoms with E-state index in [1.54, 1.807) is 10.8 Å². The third kappa shape index (κ3) is 0.603. The SMILES string of the molecule is Cc1cccn2ncnc12. The van der Waals surface area contributed by atoms with Gasteiger partial charge in [-0.15, -0.1) is 0 Å². The summed E-state index contributed by atoms with van der Waals surface area (Å²) in [6, 6.07) is 3.97. The second kappa shape index (κ2) is 1.80. The van der Waals surface area contributed by atoms with Crippen LogP contribution in [0.1, 0.15) is 5.56 Å². The van der Waals surface area contributed by atoms with Crippen LogP contribution < -0.4 is 0 Å². The molecule has 10 heavy (non-hydrogen) atoms. The van der Waals surface area contributed by atoms with Crippen LogP contribution >= 0.6 is 0 Å². The van der Waals surface area contributed by atoms with E-state index in [-0.39, 0.29) is 0 Å². The summed E-state index contributed by atoms with van der Waals surface area (Å²) in [7, 11) is 0. The fraction of sp³-hybridized carbons (Fsp3) is 0.143.